The standard InChI is InChI=1S/C20H24N2O5.ClH.H2O/c1-2-22-12-15(20(24)25-9-8-21-6-4-3-5-7-21)19(23)14-10-17-18(11-16(14)22)27-13-26-17;;/h10-12H,2-9,13H2,1H3;1H;1H2. The van der Waals surface area contributed by atoms with Crippen LogP contribution in [-0.4, -0.2) is 53.9 Å². The highest BCUT2D eigenvalue weighted by molar-refractivity contribution is 5.94. The van der Waals surface area contributed by atoms with Crippen molar-refractivity contribution in [1.82, 2.24) is 9.47 Å². The number of benzene rings is 1. The minimum Gasteiger partial charge on any atom is -0.461 e. The number of esters is 1. The first-order valence-corrected chi connectivity index (χ1v) is 9.53. The number of aromatic nitrogens is 1. The van der Waals surface area contributed by atoms with Gasteiger partial charge in [0.25, 0.3) is 0 Å². The molecule has 1 aromatic carbocycles. The largest absolute Gasteiger partial charge is 0.461 e. The number of rotatable bonds is 5. The van der Waals surface area contributed by atoms with Crippen molar-refractivity contribution in [2.45, 2.75) is 32.7 Å². The summed E-state index contributed by atoms with van der Waals surface area (Å²) in [6.45, 7) is 5.80. The first kappa shape index (κ1) is 23.0. The van der Waals surface area contributed by atoms with Gasteiger partial charge in [0.1, 0.15) is 12.2 Å². The van der Waals surface area contributed by atoms with E-state index in [1.807, 2.05) is 11.5 Å². The third kappa shape index (κ3) is 4.66. The van der Waals surface area contributed by atoms with Crippen LogP contribution < -0.4 is 14.9 Å². The highest BCUT2D eigenvalue weighted by Crippen LogP contribution is 2.35. The second kappa shape index (κ2) is 9.96. The molecule has 3 heterocycles. The molecule has 4 rings (SSSR count). The van der Waals surface area contributed by atoms with E-state index in [2.05, 4.69) is 4.90 Å². The minimum atomic E-state index is -0.571. The SMILES string of the molecule is CCn1cc(C(=O)OCCN2CCCCC2)c(=O)c2cc3c(cc21)OCO3.Cl.O. The van der Waals surface area contributed by atoms with Crippen LogP contribution in [-0.2, 0) is 11.3 Å². The van der Waals surface area contributed by atoms with Crippen molar-refractivity contribution in [3.8, 4) is 11.5 Å². The number of hydrogen-bond donors (Lipinski definition) is 0. The number of hydrogen-bond acceptors (Lipinski definition) is 6. The molecule has 2 N–H and O–H groups in total. The number of halogens is 1. The van der Waals surface area contributed by atoms with Crippen LogP contribution in [0, 0.1) is 0 Å². The van der Waals surface area contributed by atoms with Crippen LogP contribution in [0.25, 0.3) is 10.9 Å². The summed E-state index contributed by atoms with van der Waals surface area (Å²) < 4.78 is 18.0. The van der Waals surface area contributed by atoms with Gasteiger partial charge < -0.3 is 24.3 Å². The number of carbonyl (C=O) groups is 1. The van der Waals surface area contributed by atoms with E-state index < -0.39 is 5.97 Å². The molecule has 2 aliphatic rings. The van der Waals surface area contributed by atoms with Gasteiger partial charge in [0, 0.05) is 25.4 Å². The molecule has 8 nitrogen and oxygen atoms in total. The third-order valence-corrected chi connectivity index (χ3v) is 5.22. The number of carbonyl (C=O) groups excluding carboxylic acids is 1. The Morgan fingerprint density at radius 3 is 2.52 bits per heavy atom. The van der Waals surface area contributed by atoms with Crippen LogP contribution in [0.5, 0.6) is 11.5 Å². The molecule has 0 aliphatic carbocycles. The molecule has 9 heteroatoms. The molecule has 0 saturated carbocycles. The Labute approximate surface area is 175 Å². The summed E-state index contributed by atoms with van der Waals surface area (Å²) in [7, 11) is 0. The van der Waals surface area contributed by atoms with Crippen molar-refractivity contribution in [2.24, 2.45) is 0 Å². The normalized spacial score (nSPS) is 15.5. The molecular weight excluding hydrogens is 400 g/mol. The zero-order chi connectivity index (χ0) is 18.8. The lowest BCUT2D eigenvalue weighted by atomic mass is 10.1. The fourth-order valence-corrected chi connectivity index (χ4v) is 3.72. The summed E-state index contributed by atoms with van der Waals surface area (Å²) in [6.07, 6.45) is 5.23. The number of pyridine rings is 1. The van der Waals surface area contributed by atoms with Crippen molar-refractivity contribution in [3.63, 3.8) is 0 Å². The van der Waals surface area contributed by atoms with Crippen LogP contribution in [0.15, 0.2) is 23.1 Å². The van der Waals surface area contributed by atoms with E-state index in [4.69, 9.17) is 14.2 Å². The van der Waals surface area contributed by atoms with E-state index >= 15 is 0 Å². The summed E-state index contributed by atoms with van der Waals surface area (Å²) in [5.74, 6) is 0.567. The maximum Gasteiger partial charge on any atom is 0.343 e. The van der Waals surface area contributed by atoms with Gasteiger partial charge in [0.05, 0.1) is 10.9 Å². The van der Waals surface area contributed by atoms with Crippen LogP contribution in [0.1, 0.15) is 36.5 Å². The second-order valence-electron chi connectivity index (χ2n) is 6.92. The Kier molecular flexibility index (Phi) is 7.89. The van der Waals surface area contributed by atoms with Gasteiger partial charge >= 0.3 is 5.97 Å². The van der Waals surface area contributed by atoms with Crippen LogP contribution in [0.4, 0.5) is 0 Å². The molecule has 0 radical (unpaired) electrons. The van der Waals surface area contributed by atoms with Crippen molar-refractivity contribution in [1.29, 1.82) is 0 Å². The Hall–Kier alpha value is -2.29. The first-order valence-electron chi connectivity index (χ1n) is 9.53. The molecule has 160 valence electrons. The summed E-state index contributed by atoms with van der Waals surface area (Å²) in [4.78, 5) is 27.7. The van der Waals surface area contributed by atoms with Crippen LogP contribution in [0.3, 0.4) is 0 Å². The van der Waals surface area contributed by atoms with Crippen molar-refractivity contribution < 1.29 is 24.5 Å². The van der Waals surface area contributed by atoms with Gasteiger partial charge in [-0.15, -0.1) is 12.4 Å². The number of nitrogens with zero attached hydrogens (tertiary/aromatic N) is 2. The Morgan fingerprint density at radius 2 is 1.83 bits per heavy atom. The van der Waals surface area contributed by atoms with Crippen molar-refractivity contribution >= 4 is 29.3 Å². The predicted octanol–water partition coefficient (Wildman–Crippen LogP) is 1.99. The van der Waals surface area contributed by atoms with Crippen LogP contribution in [0.2, 0.25) is 0 Å². The molecule has 1 aromatic heterocycles. The zero-order valence-electron chi connectivity index (χ0n) is 16.4. The molecule has 0 amide bonds. The lowest BCUT2D eigenvalue weighted by molar-refractivity contribution is 0.0450. The lowest BCUT2D eigenvalue weighted by Crippen LogP contribution is -2.33. The van der Waals surface area contributed by atoms with E-state index in [1.165, 1.54) is 19.3 Å². The molecule has 2 aromatic rings. The molecule has 0 spiro atoms. The Morgan fingerprint density at radius 1 is 1.14 bits per heavy atom. The molecule has 0 bridgehead atoms. The second-order valence-corrected chi connectivity index (χ2v) is 6.92. The lowest BCUT2D eigenvalue weighted by Gasteiger charge is -2.25. The molecule has 2 aliphatic heterocycles. The van der Waals surface area contributed by atoms with E-state index in [-0.39, 0.29) is 35.7 Å². The summed E-state index contributed by atoms with van der Waals surface area (Å²) in [5.41, 5.74) is 0.439. The van der Waals surface area contributed by atoms with Gasteiger partial charge in [-0.05, 0) is 38.9 Å². The minimum absolute atomic E-state index is 0. The van der Waals surface area contributed by atoms with E-state index in [0.29, 0.717) is 36.6 Å². The topological polar surface area (TPSA) is 102 Å². The molecular formula is C20H27ClN2O6. The Balaban J connectivity index is 0.00000150. The number of fused-ring (bicyclic) bond motifs is 2. The maximum atomic E-state index is 12.9. The average Bonchev–Trinajstić information content (AvgIpc) is 3.15. The smallest absolute Gasteiger partial charge is 0.343 e. The summed E-state index contributed by atoms with van der Waals surface area (Å²) >= 11 is 0. The fourth-order valence-electron chi connectivity index (χ4n) is 3.72. The first-order chi connectivity index (χ1) is 13.2. The van der Waals surface area contributed by atoms with Crippen molar-refractivity contribution in [3.05, 3.63) is 34.1 Å². The molecule has 29 heavy (non-hydrogen) atoms. The van der Waals surface area contributed by atoms with Crippen molar-refractivity contribution in [2.75, 3.05) is 33.0 Å². The average molecular weight is 427 g/mol. The molecule has 0 unspecified atom stereocenters. The van der Waals surface area contributed by atoms with Gasteiger partial charge in [0.15, 0.2) is 11.5 Å². The monoisotopic (exact) mass is 426 g/mol. The third-order valence-electron chi connectivity index (χ3n) is 5.22. The van der Waals surface area contributed by atoms with Gasteiger partial charge in [0.2, 0.25) is 12.2 Å². The number of piperidine rings is 1. The molecule has 1 saturated heterocycles. The van der Waals surface area contributed by atoms with E-state index in [9.17, 15) is 9.59 Å². The number of ether oxygens (including phenoxy) is 3. The highest BCUT2D eigenvalue weighted by atomic mass is 35.5. The van der Waals surface area contributed by atoms with Gasteiger partial charge in [-0.1, -0.05) is 6.42 Å². The molecule has 0 atom stereocenters. The van der Waals surface area contributed by atoms with Gasteiger partial charge in [-0.25, -0.2) is 4.79 Å². The number of likely N-dealkylation sites (tertiary alicyclic amines) is 1. The van der Waals surface area contributed by atoms with Gasteiger partial charge in [-0.2, -0.15) is 0 Å². The quantitative estimate of drug-likeness (QED) is 0.677. The van der Waals surface area contributed by atoms with Gasteiger partial charge in [-0.3, -0.25) is 9.69 Å². The summed E-state index contributed by atoms with van der Waals surface area (Å²) in [6, 6.07) is 3.44. The molecule has 1 fully saturated rings. The number of aryl methyl sites for hydroxylation is 1. The zero-order valence-corrected chi connectivity index (χ0v) is 17.3. The Bertz CT molecular complexity index is 923. The highest BCUT2D eigenvalue weighted by Gasteiger charge is 2.21. The van der Waals surface area contributed by atoms with E-state index in [0.717, 1.165) is 18.6 Å². The van der Waals surface area contributed by atoms with Crippen LogP contribution >= 0.6 is 12.4 Å². The maximum absolute atomic E-state index is 12.9. The summed E-state index contributed by atoms with van der Waals surface area (Å²) in [5, 5.41) is 0.437. The fraction of sp³-hybridized carbons (Fsp3) is 0.500. The predicted molar refractivity (Wildman–Crippen MR) is 111 cm³/mol. The van der Waals surface area contributed by atoms with E-state index in [1.54, 1.807) is 18.3 Å².